The van der Waals surface area contributed by atoms with Crippen LogP contribution < -0.4 is 17.0 Å². The second kappa shape index (κ2) is 4.25. The number of aromatic nitrogens is 2. The van der Waals surface area contributed by atoms with Crippen molar-refractivity contribution < 1.29 is 4.39 Å². The van der Waals surface area contributed by atoms with Gasteiger partial charge < -0.3 is 5.73 Å². The van der Waals surface area contributed by atoms with Gasteiger partial charge in [0.25, 0.3) is 5.56 Å². The van der Waals surface area contributed by atoms with Crippen LogP contribution in [0, 0.1) is 5.82 Å². The minimum absolute atomic E-state index is 0.0355. The Hall–Kier alpha value is -2.37. The van der Waals surface area contributed by atoms with Gasteiger partial charge in [0, 0.05) is 6.20 Å². The van der Waals surface area contributed by atoms with Crippen molar-refractivity contribution >= 4 is 5.69 Å². The maximum absolute atomic E-state index is 12.7. The Bertz CT molecular complexity index is 643. The van der Waals surface area contributed by atoms with Crippen molar-refractivity contribution in [3.8, 4) is 0 Å². The van der Waals surface area contributed by atoms with Gasteiger partial charge in [-0.1, -0.05) is 12.1 Å². The van der Waals surface area contributed by atoms with Gasteiger partial charge in [-0.2, -0.15) is 0 Å². The van der Waals surface area contributed by atoms with Crippen LogP contribution in [-0.4, -0.2) is 9.55 Å². The van der Waals surface area contributed by atoms with Crippen LogP contribution >= 0.6 is 0 Å². The second-order valence-electron chi connectivity index (χ2n) is 3.60. The molecule has 1 aromatic heterocycles. The number of anilines is 1. The average Bonchev–Trinajstić information content (AvgIpc) is 2.29. The van der Waals surface area contributed by atoms with Crippen molar-refractivity contribution in [1.82, 2.24) is 9.55 Å². The molecule has 0 spiro atoms. The number of benzene rings is 1. The maximum Gasteiger partial charge on any atom is 0.328 e. The van der Waals surface area contributed by atoms with Crippen molar-refractivity contribution in [1.29, 1.82) is 0 Å². The fourth-order valence-corrected chi connectivity index (χ4v) is 1.43. The molecule has 0 fully saturated rings. The molecule has 0 unspecified atom stereocenters. The van der Waals surface area contributed by atoms with Crippen LogP contribution in [0.4, 0.5) is 10.1 Å². The van der Waals surface area contributed by atoms with Gasteiger partial charge in [-0.15, -0.1) is 0 Å². The first-order chi connectivity index (χ1) is 8.06. The monoisotopic (exact) mass is 235 g/mol. The first-order valence-corrected chi connectivity index (χ1v) is 4.90. The van der Waals surface area contributed by atoms with Crippen LogP contribution in [0.5, 0.6) is 0 Å². The summed E-state index contributed by atoms with van der Waals surface area (Å²) in [6.07, 6.45) is 1.27. The third-order valence-electron chi connectivity index (χ3n) is 2.30. The highest BCUT2D eigenvalue weighted by molar-refractivity contribution is 5.30. The van der Waals surface area contributed by atoms with Gasteiger partial charge in [-0.05, 0) is 17.7 Å². The number of nitrogens with one attached hydrogen (secondary N) is 1. The number of H-pyrrole nitrogens is 1. The van der Waals surface area contributed by atoms with Crippen molar-refractivity contribution in [2.24, 2.45) is 0 Å². The molecule has 2 rings (SSSR count). The molecule has 1 heterocycles. The zero-order chi connectivity index (χ0) is 12.4. The molecule has 2 aromatic rings. The summed E-state index contributed by atoms with van der Waals surface area (Å²) >= 11 is 0. The molecule has 6 heteroatoms. The Morgan fingerprint density at radius 2 is 1.88 bits per heavy atom. The Balaban J connectivity index is 2.36. The first kappa shape index (κ1) is 11.1. The van der Waals surface area contributed by atoms with E-state index in [0.29, 0.717) is 0 Å². The molecule has 0 saturated carbocycles. The van der Waals surface area contributed by atoms with E-state index in [0.717, 1.165) is 5.56 Å². The molecule has 0 atom stereocenters. The number of hydrogen-bond acceptors (Lipinski definition) is 3. The Labute approximate surface area is 95.3 Å². The lowest BCUT2D eigenvalue weighted by Crippen LogP contribution is -2.31. The summed E-state index contributed by atoms with van der Waals surface area (Å²) in [5.41, 5.74) is 4.95. The number of nitrogen functional groups attached to an aromatic ring is 1. The smallest absolute Gasteiger partial charge is 0.328 e. The van der Waals surface area contributed by atoms with E-state index in [2.05, 4.69) is 4.98 Å². The zero-order valence-corrected chi connectivity index (χ0v) is 8.81. The number of hydrogen-bond donors (Lipinski definition) is 2. The highest BCUT2D eigenvalue weighted by atomic mass is 19.1. The van der Waals surface area contributed by atoms with E-state index in [4.69, 9.17) is 5.73 Å². The van der Waals surface area contributed by atoms with E-state index >= 15 is 0 Å². The third-order valence-corrected chi connectivity index (χ3v) is 2.30. The summed E-state index contributed by atoms with van der Waals surface area (Å²) in [7, 11) is 0. The normalized spacial score (nSPS) is 10.4. The predicted octanol–water partition coefficient (Wildman–Crippen LogP) is 0.306. The lowest BCUT2D eigenvalue weighted by Gasteiger charge is -2.05. The molecule has 0 aliphatic carbocycles. The topological polar surface area (TPSA) is 80.9 Å². The highest BCUT2D eigenvalue weighted by Crippen LogP contribution is 2.04. The van der Waals surface area contributed by atoms with Crippen LogP contribution in [0.25, 0.3) is 0 Å². The number of rotatable bonds is 2. The predicted molar refractivity (Wildman–Crippen MR) is 61.2 cm³/mol. The molecule has 0 saturated heterocycles. The molecule has 5 nitrogen and oxygen atoms in total. The van der Waals surface area contributed by atoms with Crippen LogP contribution in [0.15, 0.2) is 40.1 Å². The fourth-order valence-electron chi connectivity index (χ4n) is 1.43. The van der Waals surface area contributed by atoms with E-state index in [1.165, 1.54) is 22.9 Å². The van der Waals surface area contributed by atoms with Gasteiger partial charge >= 0.3 is 5.69 Å². The molecule has 0 aliphatic heterocycles. The SMILES string of the molecule is Nc1cn(Cc2ccc(F)cc2)c(=O)[nH]c1=O. The molecule has 0 aliphatic rings. The molecule has 17 heavy (non-hydrogen) atoms. The summed E-state index contributed by atoms with van der Waals surface area (Å²) in [4.78, 5) is 24.6. The van der Waals surface area contributed by atoms with Crippen molar-refractivity contribution in [3.05, 3.63) is 62.7 Å². The summed E-state index contributed by atoms with van der Waals surface area (Å²) in [6, 6.07) is 5.72. The molecule has 3 N–H and O–H groups in total. The molecule has 0 bridgehead atoms. The Morgan fingerprint density at radius 3 is 2.53 bits per heavy atom. The van der Waals surface area contributed by atoms with Crippen molar-refractivity contribution in [3.63, 3.8) is 0 Å². The summed E-state index contributed by atoms with van der Waals surface area (Å²) < 4.78 is 13.9. The van der Waals surface area contributed by atoms with E-state index in [-0.39, 0.29) is 18.0 Å². The number of aromatic amines is 1. The standard InChI is InChI=1S/C11H10FN3O2/c12-8-3-1-7(2-4-8)5-15-6-9(13)10(16)14-11(15)17/h1-4,6H,5,13H2,(H,14,16,17). The van der Waals surface area contributed by atoms with E-state index in [1.807, 2.05) is 0 Å². The first-order valence-electron chi connectivity index (χ1n) is 4.90. The van der Waals surface area contributed by atoms with Gasteiger partial charge in [-0.3, -0.25) is 14.3 Å². The number of halogens is 1. The van der Waals surface area contributed by atoms with Crippen molar-refractivity contribution in [2.45, 2.75) is 6.54 Å². The van der Waals surface area contributed by atoms with Crippen molar-refractivity contribution in [2.75, 3.05) is 5.73 Å². The number of nitrogens with zero attached hydrogens (tertiary/aromatic N) is 1. The zero-order valence-electron chi connectivity index (χ0n) is 8.81. The summed E-state index contributed by atoms with van der Waals surface area (Å²) in [6.45, 7) is 0.222. The summed E-state index contributed by atoms with van der Waals surface area (Å²) in [5, 5.41) is 0. The lowest BCUT2D eigenvalue weighted by atomic mass is 10.2. The summed E-state index contributed by atoms with van der Waals surface area (Å²) in [5.74, 6) is -0.345. The average molecular weight is 235 g/mol. The van der Waals surface area contributed by atoms with Gasteiger partial charge in [0.05, 0.1) is 6.54 Å². The van der Waals surface area contributed by atoms with E-state index < -0.39 is 11.2 Å². The minimum Gasteiger partial charge on any atom is -0.393 e. The molecular formula is C11H10FN3O2. The van der Waals surface area contributed by atoms with Gasteiger partial charge in [0.1, 0.15) is 11.5 Å². The largest absolute Gasteiger partial charge is 0.393 e. The lowest BCUT2D eigenvalue weighted by molar-refractivity contribution is 0.625. The highest BCUT2D eigenvalue weighted by Gasteiger charge is 2.02. The fraction of sp³-hybridized carbons (Fsp3) is 0.0909. The Kier molecular flexibility index (Phi) is 2.78. The molecule has 1 aromatic carbocycles. The van der Waals surface area contributed by atoms with Crippen LogP contribution in [0.1, 0.15) is 5.56 Å². The van der Waals surface area contributed by atoms with Crippen LogP contribution in [-0.2, 0) is 6.54 Å². The van der Waals surface area contributed by atoms with Crippen LogP contribution in [0.3, 0.4) is 0 Å². The third kappa shape index (κ3) is 2.41. The van der Waals surface area contributed by atoms with E-state index in [9.17, 15) is 14.0 Å². The second-order valence-corrected chi connectivity index (χ2v) is 3.60. The Morgan fingerprint density at radius 1 is 1.24 bits per heavy atom. The molecule has 88 valence electrons. The minimum atomic E-state index is -0.606. The maximum atomic E-state index is 12.7. The van der Waals surface area contributed by atoms with Gasteiger partial charge in [0.15, 0.2) is 0 Å². The van der Waals surface area contributed by atoms with Gasteiger partial charge in [0.2, 0.25) is 0 Å². The molecule has 0 amide bonds. The number of nitrogens with two attached hydrogens (primary N) is 1. The quantitative estimate of drug-likeness (QED) is 0.785. The van der Waals surface area contributed by atoms with Crippen LogP contribution in [0.2, 0.25) is 0 Å². The van der Waals surface area contributed by atoms with Gasteiger partial charge in [-0.25, -0.2) is 9.18 Å². The van der Waals surface area contributed by atoms with E-state index in [1.54, 1.807) is 12.1 Å². The molecular weight excluding hydrogens is 225 g/mol. The molecule has 0 radical (unpaired) electrons.